The lowest BCUT2D eigenvalue weighted by Crippen LogP contribution is -2.08. The molecule has 0 fully saturated rings. The van der Waals surface area contributed by atoms with Gasteiger partial charge < -0.3 is 5.32 Å². The van der Waals surface area contributed by atoms with Gasteiger partial charge in [0.1, 0.15) is 17.3 Å². The highest BCUT2D eigenvalue weighted by atomic mass is 19.1. The van der Waals surface area contributed by atoms with Crippen LogP contribution in [0.4, 0.5) is 10.2 Å². The van der Waals surface area contributed by atoms with Gasteiger partial charge in [0.15, 0.2) is 0 Å². The van der Waals surface area contributed by atoms with Gasteiger partial charge in [-0.05, 0) is 36.2 Å². The number of pyridine rings is 1. The molecule has 3 rings (SSSR count). The van der Waals surface area contributed by atoms with Crippen LogP contribution < -0.4 is 5.32 Å². The van der Waals surface area contributed by atoms with Gasteiger partial charge in [0, 0.05) is 18.9 Å². The Labute approximate surface area is 110 Å². The van der Waals surface area contributed by atoms with E-state index in [1.54, 1.807) is 18.3 Å². The normalized spacial score (nSPS) is 10.8. The Morgan fingerprint density at radius 3 is 2.95 bits per heavy atom. The van der Waals surface area contributed by atoms with E-state index in [0.29, 0.717) is 0 Å². The van der Waals surface area contributed by atoms with Crippen molar-refractivity contribution in [1.29, 1.82) is 0 Å². The van der Waals surface area contributed by atoms with Gasteiger partial charge in [-0.1, -0.05) is 18.2 Å². The van der Waals surface area contributed by atoms with Gasteiger partial charge in [-0.2, -0.15) is 0 Å². The smallest absolute Gasteiger partial charge is 0.138 e. The van der Waals surface area contributed by atoms with Gasteiger partial charge in [-0.3, -0.25) is 4.40 Å². The summed E-state index contributed by atoms with van der Waals surface area (Å²) in [5.41, 5.74) is 1.90. The Bertz CT molecular complexity index is 690. The second-order valence-corrected chi connectivity index (χ2v) is 4.37. The number of rotatable bonds is 4. The number of benzene rings is 1. The zero-order chi connectivity index (χ0) is 13.1. The van der Waals surface area contributed by atoms with E-state index >= 15 is 0 Å². The summed E-state index contributed by atoms with van der Waals surface area (Å²) < 4.78 is 15.0. The molecule has 0 aliphatic heterocycles. The highest BCUT2D eigenvalue weighted by molar-refractivity contribution is 5.49. The van der Waals surface area contributed by atoms with E-state index in [1.165, 1.54) is 6.07 Å². The molecule has 0 unspecified atom stereocenters. The van der Waals surface area contributed by atoms with Crippen molar-refractivity contribution < 1.29 is 4.39 Å². The van der Waals surface area contributed by atoms with E-state index in [2.05, 4.69) is 10.3 Å². The number of hydrogen-bond donors (Lipinski definition) is 1. The van der Waals surface area contributed by atoms with Crippen LogP contribution in [-0.4, -0.2) is 15.9 Å². The lowest BCUT2D eigenvalue weighted by molar-refractivity contribution is 0.625. The maximum absolute atomic E-state index is 13.1. The van der Waals surface area contributed by atoms with E-state index < -0.39 is 0 Å². The molecule has 0 saturated carbocycles. The van der Waals surface area contributed by atoms with Crippen molar-refractivity contribution in [3.8, 4) is 0 Å². The summed E-state index contributed by atoms with van der Waals surface area (Å²) in [5, 5.41) is 3.34. The van der Waals surface area contributed by atoms with Crippen LogP contribution in [0.1, 0.15) is 5.56 Å². The first-order chi connectivity index (χ1) is 9.33. The molecule has 0 aliphatic carbocycles. The monoisotopic (exact) mass is 255 g/mol. The molecule has 1 aromatic carbocycles. The molecule has 96 valence electrons. The third-order valence-corrected chi connectivity index (χ3v) is 3.04. The van der Waals surface area contributed by atoms with Crippen molar-refractivity contribution in [1.82, 2.24) is 9.38 Å². The molecule has 0 spiro atoms. The molecular formula is C15H14FN3. The highest BCUT2D eigenvalue weighted by Gasteiger charge is 2.00. The lowest BCUT2D eigenvalue weighted by Gasteiger charge is -2.08. The average molecular weight is 255 g/mol. The van der Waals surface area contributed by atoms with Gasteiger partial charge in [-0.25, -0.2) is 9.37 Å². The molecule has 19 heavy (non-hydrogen) atoms. The SMILES string of the molecule is Fc1cccc(CCNc2cccc3nccn23)c1. The minimum Gasteiger partial charge on any atom is -0.371 e. The van der Waals surface area contributed by atoms with E-state index in [1.807, 2.05) is 34.9 Å². The molecular weight excluding hydrogens is 241 g/mol. The third-order valence-electron chi connectivity index (χ3n) is 3.04. The maximum Gasteiger partial charge on any atom is 0.138 e. The quantitative estimate of drug-likeness (QED) is 0.776. The summed E-state index contributed by atoms with van der Waals surface area (Å²) in [4.78, 5) is 4.23. The number of nitrogens with zero attached hydrogens (tertiary/aromatic N) is 2. The van der Waals surface area contributed by atoms with E-state index in [0.717, 1.165) is 30.0 Å². The van der Waals surface area contributed by atoms with Crippen LogP contribution in [0.5, 0.6) is 0 Å². The maximum atomic E-state index is 13.1. The molecule has 0 bridgehead atoms. The average Bonchev–Trinajstić information content (AvgIpc) is 2.88. The molecule has 0 atom stereocenters. The standard InChI is InChI=1S/C15H14FN3/c16-13-4-1-3-12(11-13)7-8-17-14-5-2-6-15-18-9-10-19(14)15/h1-6,9-11,17H,7-8H2. The minimum atomic E-state index is -0.186. The van der Waals surface area contributed by atoms with Crippen LogP contribution >= 0.6 is 0 Å². The summed E-state index contributed by atoms with van der Waals surface area (Å²) in [7, 11) is 0. The Balaban J connectivity index is 1.68. The Kier molecular flexibility index (Phi) is 3.14. The van der Waals surface area contributed by atoms with Crippen molar-refractivity contribution in [3.63, 3.8) is 0 Å². The first-order valence-corrected chi connectivity index (χ1v) is 6.23. The number of fused-ring (bicyclic) bond motifs is 1. The molecule has 2 heterocycles. The van der Waals surface area contributed by atoms with E-state index in [9.17, 15) is 4.39 Å². The van der Waals surface area contributed by atoms with Crippen LogP contribution in [0, 0.1) is 5.82 Å². The number of imidazole rings is 1. The number of halogens is 1. The van der Waals surface area contributed by atoms with Crippen LogP contribution in [0.15, 0.2) is 54.9 Å². The van der Waals surface area contributed by atoms with Crippen LogP contribution in [-0.2, 0) is 6.42 Å². The number of aromatic nitrogens is 2. The summed E-state index contributed by atoms with van der Waals surface area (Å²) in [6, 6.07) is 12.6. The van der Waals surface area contributed by atoms with Crippen LogP contribution in [0.25, 0.3) is 5.65 Å². The topological polar surface area (TPSA) is 29.3 Å². The molecule has 3 aromatic rings. The molecule has 1 N–H and O–H groups in total. The number of hydrogen-bond acceptors (Lipinski definition) is 2. The lowest BCUT2D eigenvalue weighted by atomic mass is 10.1. The molecule has 0 amide bonds. The molecule has 4 heteroatoms. The molecule has 0 saturated heterocycles. The number of anilines is 1. The molecule has 0 aliphatic rings. The van der Waals surface area contributed by atoms with Crippen molar-refractivity contribution in [2.75, 3.05) is 11.9 Å². The zero-order valence-corrected chi connectivity index (χ0v) is 10.4. The zero-order valence-electron chi connectivity index (χ0n) is 10.4. The Morgan fingerprint density at radius 2 is 2.05 bits per heavy atom. The summed E-state index contributed by atoms with van der Waals surface area (Å²) in [6.45, 7) is 0.751. The minimum absolute atomic E-state index is 0.186. The predicted molar refractivity (Wildman–Crippen MR) is 73.8 cm³/mol. The first kappa shape index (κ1) is 11.7. The fourth-order valence-electron chi connectivity index (χ4n) is 2.12. The Hall–Kier alpha value is -2.36. The van der Waals surface area contributed by atoms with E-state index in [-0.39, 0.29) is 5.82 Å². The van der Waals surface area contributed by atoms with Crippen molar-refractivity contribution in [3.05, 3.63) is 66.2 Å². The van der Waals surface area contributed by atoms with Gasteiger partial charge >= 0.3 is 0 Å². The van der Waals surface area contributed by atoms with Crippen LogP contribution in [0.2, 0.25) is 0 Å². The van der Waals surface area contributed by atoms with E-state index in [4.69, 9.17) is 0 Å². The van der Waals surface area contributed by atoms with Crippen molar-refractivity contribution in [2.24, 2.45) is 0 Å². The molecule has 3 nitrogen and oxygen atoms in total. The fourth-order valence-corrected chi connectivity index (χ4v) is 2.12. The number of nitrogens with one attached hydrogen (secondary N) is 1. The van der Waals surface area contributed by atoms with Gasteiger partial charge in [0.05, 0.1) is 0 Å². The fraction of sp³-hybridized carbons (Fsp3) is 0.133. The summed E-state index contributed by atoms with van der Waals surface area (Å²) >= 11 is 0. The largest absolute Gasteiger partial charge is 0.371 e. The first-order valence-electron chi connectivity index (χ1n) is 6.23. The predicted octanol–water partition coefficient (Wildman–Crippen LogP) is 3.13. The second kappa shape index (κ2) is 5.10. The van der Waals surface area contributed by atoms with Gasteiger partial charge in [0.2, 0.25) is 0 Å². The van der Waals surface area contributed by atoms with Gasteiger partial charge in [-0.15, -0.1) is 0 Å². The molecule has 2 aromatic heterocycles. The highest BCUT2D eigenvalue weighted by Crippen LogP contribution is 2.11. The summed E-state index contributed by atoms with van der Waals surface area (Å²) in [5.74, 6) is 0.806. The second-order valence-electron chi connectivity index (χ2n) is 4.37. The summed E-state index contributed by atoms with van der Waals surface area (Å²) in [6.07, 6.45) is 4.47. The van der Waals surface area contributed by atoms with Crippen molar-refractivity contribution in [2.45, 2.75) is 6.42 Å². The Morgan fingerprint density at radius 1 is 1.16 bits per heavy atom. The third kappa shape index (κ3) is 2.57. The van der Waals surface area contributed by atoms with Crippen molar-refractivity contribution >= 4 is 11.5 Å². The molecule has 0 radical (unpaired) electrons. The van der Waals surface area contributed by atoms with Gasteiger partial charge in [0.25, 0.3) is 0 Å². The van der Waals surface area contributed by atoms with Crippen LogP contribution in [0.3, 0.4) is 0 Å².